The molecule has 1 spiro atoms. The number of alkyl halides is 2. The smallest absolute Gasteiger partial charge is 0.323 e. The molecule has 1 aromatic carbocycles. The molecule has 30 heavy (non-hydrogen) atoms. The molecule has 4 rings (SSSR count). The van der Waals surface area contributed by atoms with E-state index >= 15 is 0 Å². The van der Waals surface area contributed by atoms with E-state index in [2.05, 4.69) is 10.3 Å². The number of imide groups is 1. The van der Waals surface area contributed by atoms with Crippen molar-refractivity contribution in [2.45, 2.75) is 37.1 Å². The monoisotopic (exact) mass is 417 g/mol. The maximum Gasteiger partial charge on any atom is 0.325 e. The SMILES string of the molecule is O=C(CN1C(=O)NC2(CCC(F)(F)CC2)C1=O)c1ccc(-c2ccncc2F)cc1. The Labute approximate surface area is 170 Å². The average Bonchev–Trinajstić information content (AvgIpc) is 2.95. The van der Waals surface area contributed by atoms with Crippen molar-refractivity contribution in [3.8, 4) is 11.1 Å². The van der Waals surface area contributed by atoms with Gasteiger partial charge in [0.15, 0.2) is 5.78 Å². The highest BCUT2D eigenvalue weighted by molar-refractivity contribution is 6.11. The van der Waals surface area contributed by atoms with E-state index in [4.69, 9.17) is 0 Å². The zero-order valence-corrected chi connectivity index (χ0v) is 15.8. The fourth-order valence-corrected chi connectivity index (χ4v) is 3.88. The topological polar surface area (TPSA) is 79.4 Å². The third-order valence-corrected chi connectivity index (χ3v) is 5.67. The summed E-state index contributed by atoms with van der Waals surface area (Å²) in [6, 6.07) is 6.82. The summed E-state index contributed by atoms with van der Waals surface area (Å²) in [7, 11) is 0. The first-order valence-corrected chi connectivity index (χ1v) is 9.46. The second-order valence-electron chi connectivity index (χ2n) is 7.62. The first kappa shape index (κ1) is 20.1. The summed E-state index contributed by atoms with van der Waals surface area (Å²) in [6.07, 6.45) is 1.22. The lowest BCUT2D eigenvalue weighted by atomic mass is 9.80. The van der Waals surface area contributed by atoms with E-state index in [0.29, 0.717) is 11.1 Å². The van der Waals surface area contributed by atoms with Gasteiger partial charge in [-0.1, -0.05) is 24.3 Å². The second kappa shape index (κ2) is 7.23. The molecule has 1 saturated carbocycles. The third kappa shape index (κ3) is 3.55. The van der Waals surface area contributed by atoms with E-state index in [9.17, 15) is 27.6 Å². The maximum atomic E-state index is 13.8. The van der Waals surface area contributed by atoms with Crippen LogP contribution in [0.2, 0.25) is 0 Å². The molecule has 1 saturated heterocycles. The van der Waals surface area contributed by atoms with Gasteiger partial charge in [-0.15, -0.1) is 0 Å². The number of urea groups is 1. The molecule has 6 nitrogen and oxygen atoms in total. The number of carbonyl (C=O) groups is 3. The Morgan fingerprint density at radius 3 is 2.37 bits per heavy atom. The lowest BCUT2D eigenvalue weighted by Gasteiger charge is -2.34. The van der Waals surface area contributed by atoms with Crippen LogP contribution in [0.4, 0.5) is 18.0 Å². The van der Waals surface area contributed by atoms with E-state index in [1.54, 1.807) is 12.1 Å². The van der Waals surface area contributed by atoms with Crippen LogP contribution in [0.5, 0.6) is 0 Å². The Hall–Kier alpha value is -3.23. The number of hydrogen-bond donors (Lipinski definition) is 1. The van der Waals surface area contributed by atoms with Crippen LogP contribution < -0.4 is 5.32 Å². The summed E-state index contributed by atoms with van der Waals surface area (Å²) in [6.45, 7) is -0.494. The number of nitrogens with zero attached hydrogens (tertiary/aromatic N) is 2. The first-order valence-electron chi connectivity index (χ1n) is 9.46. The number of aromatic nitrogens is 1. The number of halogens is 3. The van der Waals surface area contributed by atoms with Crippen molar-refractivity contribution >= 4 is 17.7 Å². The number of benzene rings is 1. The molecule has 2 fully saturated rings. The molecule has 156 valence electrons. The highest BCUT2D eigenvalue weighted by atomic mass is 19.3. The summed E-state index contributed by atoms with van der Waals surface area (Å²) >= 11 is 0. The molecule has 1 aliphatic carbocycles. The van der Waals surface area contributed by atoms with Gasteiger partial charge in [-0.05, 0) is 24.5 Å². The zero-order chi connectivity index (χ0) is 21.5. The van der Waals surface area contributed by atoms with Crippen molar-refractivity contribution in [1.82, 2.24) is 15.2 Å². The zero-order valence-electron chi connectivity index (χ0n) is 15.8. The fourth-order valence-electron chi connectivity index (χ4n) is 3.88. The largest absolute Gasteiger partial charge is 0.325 e. The Balaban J connectivity index is 1.47. The number of rotatable bonds is 4. The second-order valence-corrected chi connectivity index (χ2v) is 7.62. The van der Waals surface area contributed by atoms with Crippen LogP contribution in [0.15, 0.2) is 42.7 Å². The minimum Gasteiger partial charge on any atom is -0.323 e. The fraction of sp³-hybridized carbons (Fsp3) is 0.333. The molecule has 1 aliphatic heterocycles. The molecule has 0 atom stereocenters. The van der Waals surface area contributed by atoms with Crippen LogP contribution in [-0.4, -0.2) is 45.6 Å². The molecule has 3 amide bonds. The van der Waals surface area contributed by atoms with Gasteiger partial charge < -0.3 is 5.32 Å². The van der Waals surface area contributed by atoms with Gasteiger partial charge in [0.2, 0.25) is 5.92 Å². The summed E-state index contributed by atoms with van der Waals surface area (Å²) in [5.41, 5.74) is -0.246. The Morgan fingerprint density at radius 2 is 1.73 bits per heavy atom. The number of nitrogens with one attached hydrogen (secondary N) is 1. The number of carbonyl (C=O) groups excluding carboxylic acids is 3. The van der Waals surface area contributed by atoms with Gasteiger partial charge in [0, 0.05) is 30.2 Å². The number of pyridine rings is 1. The standard InChI is InChI=1S/C21H18F3N3O3/c22-16-11-25-10-5-15(16)13-1-3-14(4-2-13)17(28)12-27-18(29)20(26-19(27)30)6-8-21(23,24)9-7-20/h1-5,10-11H,6-9,12H2,(H,26,30). The highest BCUT2D eigenvalue weighted by Gasteiger charge is 2.55. The number of amides is 3. The minimum atomic E-state index is -2.85. The lowest BCUT2D eigenvalue weighted by molar-refractivity contribution is -0.135. The normalized spacial score (nSPS) is 19.8. The van der Waals surface area contributed by atoms with Crippen LogP contribution in [-0.2, 0) is 4.79 Å². The van der Waals surface area contributed by atoms with Crippen molar-refractivity contribution in [3.05, 3.63) is 54.1 Å². The predicted octanol–water partition coefficient (Wildman–Crippen LogP) is 3.57. The van der Waals surface area contributed by atoms with Crippen LogP contribution in [0.1, 0.15) is 36.0 Å². The Bertz CT molecular complexity index is 1010. The molecule has 0 unspecified atom stereocenters. The number of hydrogen-bond acceptors (Lipinski definition) is 4. The molecular weight excluding hydrogens is 399 g/mol. The van der Waals surface area contributed by atoms with Gasteiger partial charge >= 0.3 is 6.03 Å². The van der Waals surface area contributed by atoms with Gasteiger partial charge in [0.1, 0.15) is 11.4 Å². The molecule has 9 heteroatoms. The van der Waals surface area contributed by atoms with Gasteiger partial charge in [-0.25, -0.2) is 18.0 Å². The maximum absolute atomic E-state index is 13.8. The summed E-state index contributed by atoms with van der Waals surface area (Å²) in [5, 5.41) is 2.50. The van der Waals surface area contributed by atoms with Crippen molar-refractivity contribution in [1.29, 1.82) is 0 Å². The Morgan fingerprint density at radius 1 is 1.07 bits per heavy atom. The number of ketones is 1. The van der Waals surface area contributed by atoms with E-state index < -0.39 is 54.4 Å². The number of Topliss-reactive ketones (excluding diaryl/α,β-unsaturated/α-hetero) is 1. The van der Waals surface area contributed by atoms with Crippen molar-refractivity contribution < 1.29 is 27.6 Å². The summed E-state index contributed by atoms with van der Waals surface area (Å²) in [5.74, 6) is -4.49. The van der Waals surface area contributed by atoms with E-state index in [-0.39, 0.29) is 18.4 Å². The summed E-state index contributed by atoms with van der Waals surface area (Å²) < 4.78 is 40.8. The van der Waals surface area contributed by atoms with Crippen molar-refractivity contribution in [3.63, 3.8) is 0 Å². The predicted molar refractivity (Wildman–Crippen MR) is 100 cm³/mol. The van der Waals surface area contributed by atoms with Crippen molar-refractivity contribution in [2.75, 3.05) is 6.54 Å². The van der Waals surface area contributed by atoms with Gasteiger partial charge in [0.05, 0.1) is 12.7 Å². The van der Waals surface area contributed by atoms with Crippen molar-refractivity contribution in [2.24, 2.45) is 0 Å². The van der Waals surface area contributed by atoms with E-state index in [0.717, 1.165) is 11.1 Å². The molecule has 1 N–H and O–H groups in total. The molecule has 0 bridgehead atoms. The molecule has 1 aromatic heterocycles. The molecule has 0 radical (unpaired) electrons. The van der Waals surface area contributed by atoms with Crippen LogP contribution in [0.3, 0.4) is 0 Å². The first-order chi connectivity index (χ1) is 14.2. The highest BCUT2D eigenvalue weighted by Crippen LogP contribution is 2.41. The molecule has 2 heterocycles. The molecule has 2 aromatic rings. The lowest BCUT2D eigenvalue weighted by Crippen LogP contribution is -2.51. The van der Waals surface area contributed by atoms with E-state index in [1.807, 2.05) is 0 Å². The quantitative estimate of drug-likeness (QED) is 0.609. The summed E-state index contributed by atoms with van der Waals surface area (Å²) in [4.78, 5) is 42.1. The van der Waals surface area contributed by atoms with Crippen LogP contribution in [0.25, 0.3) is 11.1 Å². The minimum absolute atomic E-state index is 0.165. The van der Waals surface area contributed by atoms with Gasteiger partial charge in [0.25, 0.3) is 5.91 Å². The molecular formula is C21H18F3N3O3. The van der Waals surface area contributed by atoms with Gasteiger partial charge in [-0.2, -0.15) is 0 Å². The van der Waals surface area contributed by atoms with Crippen LogP contribution in [0, 0.1) is 5.82 Å². The average molecular weight is 417 g/mol. The molecule has 2 aliphatic rings. The Kier molecular flexibility index (Phi) is 4.83. The third-order valence-electron chi connectivity index (χ3n) is 5.67. The van der Waals surface area contributed by atoms with E-state index in [1.165, 1.54) is 24.4 Å². The van der Waals surface area contributed by atoms with Gasteiger partial charge in [-0.3, -0.25) is 19.5 Å². The van der Waals surface area contributed by atoms with Crippen LogP contribution >= 0.6 is 0 Å².